The van der Waals surface area contributed by atoms with Crippen LogP contribution in [0, 0.1) is 5.92 Å². The summed E-state index contributed by atoms with van der Waals surface area (Å²) in [4.78, 5) is 12.5. The number of ether oxygens (including phenoxy) is 1. The topological polar surface area (TPSA) is 52.3 Å². The molecule has 3 aliphatic rings. The van der Waals surface area contributed by atoms with Gasteiger partial charge in [-0.05, 0) is 56.5 Å². The van der Waals surface area contributed by atoms with Crippen molar-refractivity contribution >= 4 is 17.5 Å². The van der Waals surface area contributed by atoms with E-state index < -0.39 is 5.54 Å². The second kappa shape index (κ2) is 4.80. The predicted molar refractivity (Wildman–Crippen MR) is 73.7 cm³/mol. The smallest absolute Gasteiger partial charge is 0.155 e. The normalized spacial score (nSPS) is 33.9. The summed E-state index contributed by atoms with van der Waals surface area (Å²) in [6.45, 7) is 0.747. The lowest BCUT2D eigenvalue weighted by Gasteiger charge is -2.46. The Labute approximate surface area is 113 Å². The van der Waals surface area contributed by atoms with Gasteiger partial charge in [0.05, 0.1) is 11.1 Å². The third kappa shape index (κ3) is 2.23. The summed E-state index contributed by atoms with van der Waals surface area (Å²) in [5, 5.41) is 0. The number of hydrogen-bond acceptors (Lipinski definition) is 4. The van der Waals surface area contributed by atoms with Gasteiger partial charge in [-0.2, -0.15) is 11.8 Å². The highest BCUT2D eigenvalue weighted by Crippen LogP contribution is 2.42. The van der Waals surface area contributed by atoms with Crippen LogP contribution < -0.4 is 5.73 Å². The van der Waals surface area contributed by atoms with Gasteiger partial charge >= 0.3 is 0 Å². The highest BCUT2D eigenvalue weighted by Gasteiger charge is 2.47. The number of carbonyl (C=O) groups excluding carboxylic acids is 1. The molecule has 0 radical (unpaired) electrons. The van der Waals surface area contributed by atoms with Crippen LogP contribution in [0.4, 0.5) is 0 Å². The molecule has 1 unspecified atom stereocenters. The van der Waals surface area contributed by atoms with Gasteiger partial charge in [-0.15, -0.1) is 0 Å². The molecule has 0 aromatic carbocycles. The molecule has 3 rings (SSSR count). The van der Waals surface area contributed by atoms with E-state index in [0.717, 1.165) is 51.6 Å². The van der Waals surface area contributed by atoms with Crippen molar-refractivity contribution in [3.8, 4) is 0 Å². The number of ketones is 1. The van der Waals surface area contributed by atoms with Crippen molar-refractivity contribution in [3.05, 3.63) is 0 Å². The van der Waals surface area contributed by atoms with Crippen molar-refractivity contribution in [1.82, 2.24) is 0 Å². The summed E-state index contributed by atoms with van der Waals surface area (Å²) in [5.41, 5.74) is 5.73. The van der Waals surface area contributed by atoms with Crippen molar-refractivity contribution in [1.29, 1.82) is 0 Å². The van der Waals surface area contributed by atoms with Crippen LogP contribution in [0.15, 0.2) is 0 Å². The van der Waals surface area contributed by atoms with E-state index in [4.69, 9.17) is 10.5 Å². The van der Waals surface area contributed by atoms with E-state index in [1.807, 2.05) is 11.8 Å². The Hall–Kier alpha value is -0.0600. The van der Waals surface area contributed by atoms with Gasteiger partial charge in [0, 0.05) is 12.5 Å². The molecule has 1 saturated carbocycles. The number of Topliss-reactive ketones (excluding diaryl/α,β-unsaturated/α-hetero) is 1. The summed E-state index contributed by atoms with van der Waals surface area (Å²) in [6.07, 6.45) is 6.93. The number of hydrogen-bond donors (Lipinski definition) is 1. The van der Waals surface area contributed by atoms with E-state index in [9.17, 15) is 4.79 Å². The molecule has 0 aromatic rings. The Balaban J connectivity index is 1.68. The van der Waals surface area contributed by atoms with E-state index >= 15 is 0 Å². The third-order valence-electron chi connectivity index (χ3n) is 5.00. The first-order valence-corrected chi connectivity index (χ1v) is 8.34. The van der Waals surface area contributed by atoms with Gasteiger partial charge in [0.1, 0.15) is 0 Å². The first-order chi connectivity index (χ1) is 8.64. The molecule has 0 amide bonds. The monoisotopic (exact) mass is 269 g/mol. The second-order valence-corrected chi connectivity index (χ2v) is 7.43. The molecule has 4 heteroatoms. The maximum Gasteiger partial charge on any atom is 0.155 e. The summed E-state index contributed by atoms with van der Waals surface area (Å²) in [7, 11) is 0. The van der Waals surface area contributed by atoms with Crippen LogP contribution in [0.2, 0.25) is 0 Å². The molecule has 1 aliphatic carbocycles. The van der Waals surface area contributed by atoms with Crippen LogP contribution in [0.5, 0.6) is 0 Å². The first kappa shape index (κ1) is 12.9. The van der Waals surface area contributed by atoms with Gasteiger partial charge in [0.25, 0.3) is 0 Å². The number of rotatable bonds is 2. The van der Waals surface area contributed by atoms with Crippen LogP contribution in [0.3, 0.4) is 0 Å². The zero-order valence-corrected chi connectivity index (χ0v) is 11.8. The Morgan fingerprint density at radius 2 is 1.94 bits per heavy atom. The molecule has 1 atom stereocenters. The minimum Gasteiger partial charge on any atom is -0.375 e. The average molecular weight is 269 g/mol. The third-order valence-corrected chi connectivity index (χ3v) is 5.99. The van der Waals surface area contributed by atoms with E-state index in [-0.39, 0.29) is 11.5 Å². The van der Waals surface area contributed by atoms with Crippen molar-refractivity contribution < 1.29 is 9.53 Å². The molecule has 102 valence electrons. The minimum atomic E-state index is -0.480. The molecule has 18 heavy (non-hydrogen) atoms. The van der Waals surface area contributed by atoms with Gasteiger partial charge in [-0.1, -0.05) is 0 Å². The number of carbonyl (C=O) groups is 1. The van der Waals surface area contributed by atoms with Crippen molar-refractivity contribution in [2.24, 2.45) is 11.7 Å². The molecule has 2 heterocycles. The summed E-state index contributed by atoms with van der Waals surface area (Å²) < 4.78 is 6.04. The SMILES string of the molecule is NC1(C(=O)C2CCOC3(CCSCC3)C2)CCC1. The van der Waals surface area contributed by atoms with Gasteiger partial charge in [-0.3, -0.25) is 4.79 Å². The fourth-order valence-electron chi connectivity index (χ4n) is 3.55. The Morgan fingerprint density at radius 1 is 1.22 bits per heavy atom. The van der Waals surface area contributed by atoms with Crippen LogP contribution >= 0.6 is 11.8 Å². The van der Waals surface area contributed by atoms with Crippen molar-refractivity contribution in [3.63, 3.8) is 0 Å². The lowest BCUT2D eigenvalue weighted by atomic mass is 9.67. The Kier molecular flexibility index (Phi) is 3.45. The zero-order chi connectivity index (χ0) is 12.6. The molecule has 2 N–H and O–H groups in total. The van der Waals surface area contributed by atoms with Gasteiger partial charge in [0.2, 0.25) is 0 Å². The summed E-state index contributed by atoms with van der Waals surface area (Å²) in [6, 6.07) is 0. The highest BCUT2D eigenvalue weighted by atomic mass is 32.2. The molecular weight excluding hydrogens is 246 g/mol. The quantitative estimate of drug-likeness (QED) is 0.834. The van der Waals surface area contributed by atoms with Crippen LogP contribution in [-0.2, 0) is 9.53 Å². The average Bonchev–Trinajstić information content (AvgIpc) is 2.36. The largest absolute Gasteiger partial charge is 0.375 e. The molecular formula is C14H23NO2S. The van der Waals surface area contributed by atoms with Gasteiger partial charge in [-0.25, -0.2) is 0 Å². The van der Waals surface area contributed by atoms with Crippen LogP contribution in [0.25, 0.3) is 0 Å². The summed E-state index contributed by atoms with van der Waals surface area (Å²) >= 11 is 2.00. The second-order valence-electron chi connectivity index (χ2n) is 6.21. The number of thioether (sulfide) groups is 1. The maximum atomic E-state index is 12.5. The highest BCUT2D eigenvalue weighted by molar-refractivity contribution is 7.99. The molecule has 0 bridgehead atoms. The van der Waals surface area contributed by atoms with E-state index in [1.54, 1.807) is 0 Å². The van der Waals surface area contributed by atoms with E-state index in [2.05, 4.69) is 0 Å². The Morgan fingerprint density at radius 3 is 2.56 bits per heavy atom. The Bertz CT molecular complexity index is 329. The zero-order valence-electron chi connectivity index (χ0n) is 11.0. The molecule has 1 spiro atoms. The minimum absolute atomic E-state index is 0.00390. The van der Waals surface area contributed by atoms with Gasteiger partial charge < -0.3 is 10.5 Å². The van der Waals surface area contributed by atoms with Gasteiger partial charge in [0.15, 0.2) is 5.78 Å². The lowest BCUT2D eigenvalue weighted by Crippen LogP contribution is -2.58. The summed E-state index contributed by atoms with van der Waals surface area (Å²) in [5.74, 6) is 2.84. The molecule has 0 aromatic heterocycles. The van der Waals surface area contributed by atoms with E-state index in [1.165, 1.54) is 11.5 Å². The van der Waals surface area contributed by atoms with Crippen LogP contribution in [-0.4, -0.2) is 35.0 Å². The maximum absolute atomic E-state index is 12.5. The van der Waals surface area contributed by atoms with E-state index in [0.29, 0.717) is 5.78 Å². The van der Waals surface area contributed by atoms with Crippen molar-refractivity contribution in [2.75, 3.05) is 18.1 Å². The molecule has 2 saturated heterocycles. The molecule has 3 fully saturated rings. The molecule has 3 nitrogen and oxygen atoms in total. The lowest BCUT2D eigenvalue weighted by molar-refractivity contribution is -0.145. The fraction of sp³-hybridized carbons (Fsp3) is 0.929. The fourth-order valence-corrected chi connectivity index (χ4v) is 4.79. The standard InChI is InChI=1S/C14H23NO2S/c15-14(3-1-4-14)12(16)11-2-7-17-13(10-11)5-8-18-9-6-13/h11H,1-10,15H2. The predicted octanol–water partition coefficient (Wildman–Crippen LogP) is 2.13. The van der Waals surface area contributed by atoms with Crippen molar-refractivity contribution in [2.45, 2.75) is 56.1 Å². The number of nitrogens with two attached hydrogens (primary N) is 1. The molecule has 2 aliphatic heterocycles. The first-order valence-electron chi connectivity index (χ1n) is 7.19. The van der Waals surface area contributed by atoms with Crippen LogP contribution in [0.1, 0.15) is 44.9 Å².